The van der Waals surface area contributed by atoms with Gasteiger partial charge in [-0.05, 0) is 50.1 Å². The number of carbonyl (C=O) groups is 1. The minimum atomic E-state index is -0.248. The third-order valence-corrected chi connectivity index (χ3v) is 4.14. The van der Waals surface area contributed by atoms with Crippen molar-refractivity contribution in [3.05, 3.63) is 47.5 Å². The van der Waals surface area contributed by atoms with Gasteiger partial charge >= 0.3 is 0 Å². The van der Waals surface area contributed by atoms with Crippen LogP contribution in [0.4, 0.5) is 10.1 Å². The summed E-state index contributed by atoms with van der Waals surface area (Å²) < 4.78 is 14.6. The third-order valence-electron chi connectivity index (χ3n) is 4.14. The molecule has 1 fully saturated rings. The number of piperidine rings is 1. The van der Waals surface area contributed by atoms with Gasteiger partial charge in [-0.2, -0.15) is 5.10 Å². The van der Waals surface area contributed by atoms with Crippen LogP contribution in [0, 0.1) is 12.7 Å². The lowest BCUT2D eigenvalue weighted by Gasteiger charge is -2.33. The lowest BCUT2D eigenvalue weighted by atomic mass is 10.0. The number of aromatic nitrogens is 2. The van der Waals surface area contributed by atoms with Crippen molar-refractivity contribution in [1.82, 2.24) is 14.7 Å². The van der Waals surface area contributed by atoms with E-state index in [1.54, 1.807) is 23.9 Å². The maximum absolute atomic E-state index is 13.0. The molecule has 0 aliphatic carbocycles. The summed E-state index contributed by atoms with van der Waals surface area (Å²) in [5.41, 5.74) is 2.33. The highest BCUT2D eigenvalue weighted by Gasteiger charge is 2.26. The molecule has 1 aliphatic rings. The molecule has 0 unspecified atom stereocenters. The summed E-state index contributed by atoms with van der Waals surface area (Å²) in [4.78, 5) is 14.5. The Hall–Kier alpha value is -2.37. The van der Waals surface area contributed by atoms with E-state index < -0.39 is 0 Å². The Labute approximate surface area is 135 Å². The van der Waals surface area contributed by atoms with Crippen LogP contribution < -0.4 is 5.32 Å². The molecule has 0 spiro atoms. The van der Waals surface area contributed by atoms with E-state index in [1.165, 1.54) is 12.1 Å². The summed E-state index contributed by atoms with van der Waals surface area (Å²) in [6.07, 6.45) is 1.94. The molecule has 1 aromatic heterocycles. The van der Waals surface area contributed by atoms with Gasteiger partial charge in [0.1, 0.15) is 11.5 Å². The molecule has 122 valence electrons. The van der Waals surface area contributed by atoms with Crippen LogP contribution in [-0.4, -0.2) is 39.7 Å². The lowest BCUT2D eigenvalue weighted by molar-refractivity contribution is 0.0703. The molecule has 1 atom stereocenters. The van der Waals surface area contributed by atoms with E-state index in [4.69, 9.17) is 0 Å². The van der Waals surface area contributed by atoms with Crippen molar-refractivity contribution in [3.63, 3.8) is 0 Å². The average Bonchev–Trinajstić information content (AvgIpc) is 2.88. The fourth-order valence-electron chi connectivity index (χ4n) is 3.03. The Balaban J connectivity index is 1.67. The number of anilines is 1. The first-order valence-electron chi connectivity index (χ1n) is 7.85. The monoisotopic (exact) mass is 316 g/mol. The zero-order valence-corrected chi connectivity index (χ0v) is 13.4. The molecular formula is C17H21FN4O. The maximum atomic E-state index is 13.0. The minimum absolute atomic E-state index is 0.0127. The van der Waals surface area contributed by atoms with Crippen LogP contribution in [0.2, 0.25) is 0 Å². The minimum Gasteiger partial charge on any atom is -0.381 e. The second-order valence-electron chi connectivity index (χ2n) is 6.04. The first-order valence-corrected chi connectivity index (χ1v) is 7.85. The molecule has 5 nitrogen and oxygen atoms in total. The Morgan fingerprint density at radius 3 is 2.74 bits per heavy atom. The zero-order chi connectivity index (χ0) is 16.4. The van der Waals surface area contributed by atoms with Gasteiger partial charge in [0, 0.05) is 31.9 Å². The molecule has 0 saturated carbocycles. The van der Waals surface area contributed by atoms with Crippen molar-refractivity contribution in [3.8, 4) is 0 Å². The van der Waals surface area contributed by atoms with Crippen LogP contribution in [0.3, 0.4) is 0 Å². The predicted octanol–water partition coefficient (Wildman–Crippen LogP) is 2.58. The number of hydrogen-bond acceptors (Lipinski definition) is 3. The molecule has 6 heteroatoms. The smallest absolute Gasteiger partial charge is 0.272 e. The highest BCUT2D eigenvalue weighted by Crippen LogP contribution is 2.18. The van der Waals surface area contributed by atoms with E-state index in [0.717, 1.165) is 30.8 Å². The van der Waals surface area contributed by atoms with Crippen molar-refractivity contribution in [2.45, 2.75) is 25.8 Å². The van der Waals surface area contributed by atoms with E-state index in [-0.39, 0.29) is 17.8 Å². The molecule has 3 rings (SSSR count). The van der Waals surface area contributed by atoms with Crippen molar-refractivity contribution < 1.29 is 9.18 Å². The van der Waals surface area contributed by atoms with E-state index in [2.05, 4.69) is 10.4 Å². The molecule has 1 N–H and O–H groups in total. The molecule has 0 bridgehead atoms. The van der Waals surface area contributed by atoms with Crippen LogP contribution in [0.1, 0.15) is 29.0 Å². The van der Waals surface area contributed by atoms with Gasteiger partial charge in [-0.15, -0.1) is 0 Å². The quantitative estimate of drug-likeness (QED) is 0.947. The Kier molecular flexibility index (Phi) is 4.32. The van der Waals surface area contributed by atoms with Crippen molar-refractivity contribution >= 4 is 11.6 Å². The number of likely N-dealkylation sites (tertiary alicyclic amines) is 1. The van der Waals surface area contributed by atoms with Crippen LogP contribution in [-0.2, 0) is 7.05 Å². The summed E-state index contributed by atoms with van der Waals surface area (Å²) in [6, 6.07) is 8.31. The predicted molar refractivity (Wildman–Crippen MR) is 86.9 cm³/mol. The number of nitrogens with zero attached hydrogens (tertiary/aromatic N) is 3. The van der Waals surface area contributed by atoms with E-state index in [9.17, 15) is 9.18 Å². The second-order valence-corrected chi connectivity index (χ2v) is 6.04. The third kappa shape index (κ3) is 3.52. The summed E-state index contributed by atoms with van der Waals surface area (Å²) in [6.45, 7) is 3.27. The number of benzene rings is 1. The summed E-state index contributed by atoms with van der Waals surface area (Å²) >= 11 is 0. The molecular weight excluding hydrogens is 295 g/mol. The number of amides is 1. The standard InChI is InChI=1S/C17H21FN4O/c1-12-10-16(21(2)20-12)17(23)22-9-3-4-15(11-22)19-14-7-5-13(18)6-8-14/h5-8,10,15,19H,3-4,9,11H2,1-2H3/t15-/m1/s1. The first kappa shape index (κ1) is 15.5. The molecule has 1 aliphatic heterocycles. The van der Waals surface area contributed by atoms with Crippen LogP contribution in [0.15, 0.2) is 30.3 Å². The molecule has 0 radical (unpaired) electrons. The lowest BCUT2D eigenvalue weighted by Crippen LogP contribution is -2.45. The number of halogens is 1. The highest BCUT2D eigenvalue weighted by molar-refractivity contribution is 5.92. The molecule has 2 heterocycles. The van der Waals surface area contributed by atoms with E-state index in [1.807, 2.05) is 17.9 Å². The molecule has 1 aromatic carbocycles. The molecule has 23 heavy (non-hydrogen) atoms. The summed E-state index contributed by atoms with van der Waals surface area (Å²) in [5, 5.41) is 7.62. The van der Waals surface area contributed by atoms with Crippen LogP contribution in [0.25, 0.3) is 0 Å². The van der Waals surface area contributed by atoms with Gasteiger partial charge in [0.05, 0.1) is 5.69 Å². The first-order chi connectivity index (χ1) is 11.0. The van der Waals surface area contributed by atoms with Gasteiger partial charge < -0.3 is 10.2 Å². The molecule has 1 amide bonds. The SMILES string of the molecule is Cc1cc(C(=O)N2CCC[C@@H](Nc3ccc(F)cc3)C2)n(C)n1. The number of rotatable bonds is 3. The number of nitrogens with one attached hydrogen (secondary N) is 1. The number of aryl methyl sites for hydroxylation is 2. The van der Waals surface area contributed by atoms with E-state index in [0.29, 0.717) is 12.2 Å². The normalized spacial score (nSPS) is 18.0. The summed E-state index contributed by atoms with van der Waals surface area (Å²) in [5.74, 6) is -0.235. The van der Waals surface area contributed by atoms with Gasteiger partial charge in [0.25, 0.3) is 5.91 Å². The fraction of sp³-hybridized carbons (Fsp3) is 0.412. The maximum Gasteiger partial charge on any atom is 0.272 e. The van der Waals surface area contributed by atoms with Crippen LogP contribution in [0.5, 0.6) is 0 Å². The second kappa shape index (κ2) is 6.40. The Morgan fingerprint density at radius 1 is 1.35 bits per heavy atom. The van der Waals surface area contributed by atoms with Gasteiger partial charge in [-0.25, -0.2) is 4.39 Å². The Bertz CT molecular complexity index is 695. The fourth-order valence-corrected chi connectivity index (χ4v) is 3.03. The zero-order valence-electron chi connectivity index (χ0n) is 13.4. The Morgan fingerprint density at radius 2 is 2.09 bits per heavy atom. The summed E-state index contributed by atoms with van der Waals surface area (Å²) in [7, 11) is 1.79. The highest BCUT2D eigenvalue weighted by atomic mass is 19.1. The van der Waals surface area contributed by atoms with Gasteiger partial charge in [0.2, 0.25) is 0 Å². The molecule has 1 saturated heterocycles. The van der Waals surface area contributed by atoms with Crippen molar-refractivity contribution in [2.24, 2.45) is 7.05 Å². The average molecular weight is 316 g/mol. The number of hydrogen-bond donors (Lipinski definition) is 1. The van der Waals surface area contributed by atoms with Gasteiger partial charge in [-0.1, -0.05) is 0 Å². The van der Waals surface area contributed by atoms with Gasteiger partial charge in [-0.3, -0.25) is 9.48 Å². The van der Waals surface area contributed by atoms with Crippen LogP contribution >= 0.6 is 0 Å². The molecule has 2 aromatic rings. The van der Waals surface area contributed by atoms with Crippen molar-refractivity contribution in [1.29, 1.82) is 0 Å². The number of carbonyl (C=O) groups excluding carboxylic acids is 1. The largest absolute Gasteiger partial charge is 0.381 e. The van der Waals surface area contributed by atoms with Gasteiger partial charge in [0.15, 0.2) is 0 Å². The van der Waals surface area contributed by atoms with E-state index >= 15 is 0 Å². The van der Waals surface area contributed by atoms with Crippen molar-refractivity contribution in [2.75, 3.05) is 18.4 Å². The topological polar surface area (TPSA) is 50.2 Å².